The maximum absolute atomic E-state index is 12.7. The first-order valence-corrected chi connectivity index (χ1v) is 10.9. The summed E-state index contributed by atoms with van der Waals surface area (Å²) in [7, 11) is 0. The van der Waals surface area contributed by atoms with Crippen molar-refractivity contribution in [2.45, 2.75) is 57.5 Å². The molecule has 3 aliphatic heterocycles. The van der Waals surface area contributed by atoms with Crippen LogP contribution in [-0.2, 0) is 9.59 Å². The summed E-state index contributed by atoms with van der Waals surface area (Å²) in [5.41, 5.74) is 1.46. The topological polar surface area (TPSA) is 52.7 Å². The number of amides is 2. The van der Waals surface area contributed by atoms with Gasteiger partial charge in [-0.1, -0.05) is 30.3 Å². The normalized spacial score (nSPS) is 29.8. The average Bonchev–Trinajstić information content (AvgIpc) is 2.71. The lowest BCUT2D eigenvalue weighted by Crippen LogP contribution is -2.60. The Hall–Kier alpha value is -1.88. The second-order valence-corrected chi connectivity index (χ2v) is 8.87. The molecule has 4 rings (SSSR count). The van der Waals surface area contributed by atoms with Gasteiger partial charge in [-0.3, -0.25) is 14.5 Å². The van der Waals surface area contributed by atoms with Gasteiger partial charge in [-0.25, -0.2) is 0 Å². The molecule has 1 aromatic rings. The van der Waals surface area contributed by atoms with Gasteiger partial charge in [-0.2, -0.15) is 0 Å². The van der Waals surface area contributed by atoms with Crippen LogP contribution in [0.2, 0.25) is 0 Å². The standard InChI is InChI=1S/C23H33N3O2/c1-17(27)24-12-6-11-23(28)25-14-18-13-20(16-25)22-10-5-9-21(26(22)15-18)19-7-3-2-4-8-19/h2-4,7-8,18,20-22H,5-6,9-16H2,1H3,(H,24,27)/t18-,20+,21+,22-/m0/s1. The Balaban J connectivity index is 1.38. The van der Waals surface area contributed by atoms with E-state index in [1.165, 1.54) is 38.2 Å². The van der Waals surface area contributed by atoms with Crippen molar-refractivity contribution in [3.05, 3.63) is 35.9 Å². The fraction of sp³-hybridized carbons (Fsp3) is 0.652. The molecule has 152 valence electrons. The van der Waals surface area contributed by atoms with Gasteiger partial charge in [-0.15, -0.1) is 0 Å². The van der Waals surface area contributed by atoms with E-state index >= 15 is 0 Å². The van der Waals surface area contributed by atoms with Crippen LogP contribution in [-0.4, -0.2) is 53.8 Å². The minimum absolute atomic E-state index is 0.0229. The van der Waals surface area contributed by atoms with Gasteiger partial charge >= 0.3 is 0 Å². The summed E-state index contributed by atoms with van der Waals surface area (Å²) in [6, 6.07) is 12.1. The molecule has 0 unspecified atom stereocenters. The van der Waals surface area contributed by atoms with Crippen molar-refractivity contribution in [3.8, 4) is 0 Å². The number of carbonyl (C=O) groups is 2. The van der Waals surface area contributed by atoms with Crippen molar-refractivity contribution in [2.24, 2.45) is 11.8 Å². The molecule has 0 saturated carbocycles. The van der Waals surface area contributed by atoms with Crippen molar-refractivity contribution >= 4 is 11.8 Å². The number of piperidine rings is 3. The van der Waals surface area contributed by atoms with Gasteiger partial charge in [0.05, 0.1) is 0 Å². The van der Waals surface area contributed by atoms with Gasteiger partial charge in [0.2, 0.25) is 11.8 Å². The molecule has 0 spiro atoms. The molecule has 0 aromatic heterocycles. The molecule has 2 amide bonds. The molecule has 0 aliphatic carbocycles. The highest BCUT2D eigenvalue weighted by molar-refractivity contribution is 5.76. The molecule has 3 saturated heterocycles. The van der Waals surface area contributed by atoms with Crippen LogP contribution in [0.25, 0.3) is 0 Å². The minimum Gasteiger partial charge on any atom is -0.356 e. The van der Waals surface area contributed by atoms with Gasteiger partial charge < -0.3 is 10.2 Å². The number of likely N-dealkylation sites (tertiary alicyclic amines) is 1. The van der Waals surface area contributed by atoms with Gasteiger partial charge in [0.15, 0.2) is 0 Å². The van der Waals surface area contributed by atoms with E-state index in [-0.39, 0.29) is 11.8 Å². The van der Waals surface area contributed by atoms with Gasteiger partial charge in [0.1, 0.15) is 0 Å². The molecule has 3 heterocycles. The van der Waals surface area contributed by atoms with Crippen LogP contribution in [0.5, 0.6) is 0 Å². The van der Waals surface area contributed by atoms with E-state index in [9.17, 15) is 9.59 Å². The Kier molecular flexibility index (Phi) is 6.00. The van der Waals surface area contributed by atoms with Gasteiger partial charge in [0, 0.05) is 51.6 Å². The predicted molar refractivity (Wildman–Crippen MR) is 110 cm³/mol. The third-order valence-corrected chi connectivity index (χ3v) is 6.86. The summed E-state index contributed by atoms with van der Waals surface area (Å²) in [5, 5.41) is 2.78. The summed E-state index contributed by atoms with van der Waals surface area (Å²) >= 11 is 0. The van der Waals surface area contributed by atoms with Crippen LogP contribution in [0.4, 0.5) is 0 Å². The number of nitrogens with zero attached hydrogens (tertiary/aromatic N) is 2. The highest BCUT2D eigenvalue weighted by Gasteiger charge is 2.45. The Morgan fingerprint density at radius 1 is 1.11 bits per heavy atom. The number of carbonyl (C=O) groups excluding carboxylic acids is 2. The summed E-state index contributed by atoms with van der Waals surface area (Å²) < 4.78 is 0. The minimum atomic E-state index is -0.0229. The zero-order valence-corrected chi connectivity index (χ0v) is 17.0. The van der Waals surface area contributed by atoms with Crippen molar-refractivity contribution in [1.29, 1.82) is 0 Å². The van der Waals surface area contributed by atoms with Crippen LogP contribution in [0.3, 0.4) is 0 Å². The van der Waals surface area contributed by atoms with Crippen molar-refractivity contribution in [3.63, 3.8) is 0 Å². The molecule has 2 bridgehead atoms. The van der Waals surface area contributed by atoms with Crippen LogP contribution in [0.15, 0.2) is 30.3 Å². The zero-order valence-electron chi connectivity index (χ0n) is 17.0. The Morgan fingerprint density at radius 2 is 1.93 bits per heavy atom. The lowest BCUT2D eigenvalue weighted by atomic mass is 9.74. The fourth-order valence-electron chi connectivity index (χ4n) is 5.71. The van der Waals surface area contributed by atoms with E-state index in [1.807, 2.05) is 0 Å². The monoisotopic (exact) mass is 383 g/mol. The number of hydrogen-bond acceptors (Lipinski definition) is 3. The smallest absolute Gasteiger partial charge is 0.222 e. The fourth-order valence-corrected chi connectivity index (χ4v) is 5.71. The number of benzene rings is 1. The first kappa shape index (κ1) is 19.4. The summed E-state index contributed by atoms with van der Waals surface area (Å²) in [5.74, 6) is 1.45. The second-order valence-electron chi connectivity index (χ2n) is 8.87. The summed E-state index contributed by atoms with van der Waals surface area (Å²) in [6.07, 6.45) is 6.36. The SMILES string of the molecule is CC(=O)NCCCC(=O)N1C[C@@H]2C[C@H](C1)[C@@H]1CCC[C@H](c3ccccc3)N1C2. The largest absolute Gasteiger partial charge is 0.356 e. The number of fused-ring (bicyclic) bond motifs is 4. The van der Waals surface area contributed by atoms with Crippen molar-refractivity contribution < 1.29 is 9.59 Å². The first-order chi connectivity index (χ1) is 13.6. The molecule has 5 nitrogen and oxygen atoms in total. The summed E-state index contributed by atoms with van der Waals surface area (Å²) in [4.78, 5) is 28.6. The zero-order chi connectivity index (χ0) is 19.5. The molecule has 1 aromatic carbocycles. The molecule has 3 aliphatic rings. The highest BCUT2D eigenvalue weighted by atomic mass is 16.2. The quantitative estimate of drug-likeness (QED) is 0.796. The van der Waals surface area contributed by atoms with Crippen LogP contribution >= 0.6 is 0 Å². The van der Waals surface area contributed by atoms with Gasteiger partial charge in [-0.05, 0) is 49.5 Å². The number of rotatable bonds is 5. The predicted octanol–water partition coefficient (Wildman–Crippen LogP) is 2.98. The first-order valence-electron chi connectivity index (χ1n) is 10.9. The molecule has 5 heteroatoms. The third-order valence-electron chi connectivity index (χ3n) is 6.86. The van der Waals surface area contributed by atoms with Crippen molar-refractivity contribution in [1.82, 2.24) is 15.1 Å². The molecule has 4 atom stereocenters. The lowest BCUT2D eigenvalue weighted by Gasteiger charge is -2.55. The van der Waals surface area contributed by atoms with E-state index in [4.69, 9.17) is 0 Å². The third kappa shape index (κ3) is 4.24. The average molecular weight is 384 g/mol. The molecule has 3 fully saturated rings. The molecule has 0 radical (unpaired) electrons. The van der Waals surface area contributed by atoms with E-state index in [1.54, 1.807) is 0 Å². The van der Waals surface area contributed by atoms with E-state index in [0.717, 1.165) is 26.1 Å². The highest BCUT2D eigenvalue weighted by Crippen LogP contribution is 2.44. The lowest BCUT2D eigenvalue weighted by molar-refractivity contribution is -0.139. The molecular formula is C23H33N3O2. The Labute approximate surface area is 168 Å². The molecule has 28 heavy (non-hydrogen) atoms. The number of hydrogen-bond donors (Lipinski definition) is 1. The maximum atomic E-state index is 12.7. The number of nitrogens with one attached hydrogen (secondary N) is 1. The van der Waals surface area contributed by atoms with Crippen LogP contribution < -0.4 is 5.32 Å². The Morgan fingerprint density at radius 3 is 2.71 bits per heavy atom. The van der Waals surface area contributed by atoms with E-state index in [0.29, 0.717) is 36.9 Å². The summed E-state index contributed by atoms with van der Waals surface area (Å²) in [6.45, 7) is 5.05. The molecule has 1 N–H and O–H groups in total. The maximum Gasteiger partial charge on any atom is 0.222 e. The van der Waals surface area contributed by atoms with E-state index in [2.05, 4.69) is 45.4 Å². The Bertz CT molecular complexity index is 692. The second kappa shape index (κ2) is 8.64. The van der Waals surface area contributed by atoms with E-state index < -0.39 is 0 Å². The van der Waals surface area contributed by atoms with Crippen LogP contribution in [0.1, 0.15) is 57.1 Å². The van der Waals surface area contributed by atoms with Crippen molar-refractivity contribution in [2.75, 3.05) is 26.2 Å². The molecular weight excluding hydrogens is 350 g/mol. The van der Waals surface area contributed by atoms with Gasteiger partial charge in [0.25, 0.3) is 0 Å². The van der Waals surface area contributed by atoms with Crippen LogP contribution in [0, 0.1) is 11.8 Å².